The summed E-state index contributed by atoms with van der Waals surface area (Å²) in [6.45, 7) is 4.69. The lowest BCUT2D eigenvalue weighted by atomic mass is 9.21. The van der Waals surface area contributed by atoms with Gasteiger partial charge < -0.3 is 5.32 Å². The molecule has 4 atom stereocenters. The highest BCUT2D eigenvalue weighted by Crippen LogP contribution is 2.93. The second kappa shape index (κ2) is 3.25. The topological polar surface area (TPSA) is 29.1 Å². The fraction of sp³-hybridized carbons (Fsp3) is 0.562. The van der Waals surface area contributed by atoms with E-state index in [1.54, 1.807) is 0 Å². The van der Waals surface area contributed by atoms with E-state index in [0.29, 0.717) is 11.3 Å². The van der Waals surface area contributed by atoms with Crippen molar-refractivity contribution in [3.8, 4) is 0 Å². The molecule has 100 valence electrons. The van der Waals surface area contributed by atoms with Gasteiger partial charge in [-0.15, -0.1) is 0 Å². The Morgan fingerprint density at radius 3 is 2.53 bits per heavy atom. The Kier molecular flexibility index (Phi) is 2.04. The van der Waals surface area contributed by atoms with E-state index >= 15 is 0 Å². The van der Waals surface area contributed by atoms with Gasteiger partial charge in [0, 0.05) is 10.2 Å². The highest BCUT2D eigenvalue weighted by molar-refractivity contribution is 9.10. The first kappa shape index (κ1) is 12.0. The summed E-state index contributed by atoms with van der Waals surface area (Å²) in [7, 11) is 0. The van der Waals surface area contributed by atoms with Crippen LogP contribution in [0.25, 0.3) is 0 Å². The van der Waals surface area contributed by atoms with Crippen molar-refractivity contribution in [2.75, 3.05) is 5.32 Å². The Hall–Kier alpha value is -0.830. The number of anilines is 1. The average molecular weight is 320 g/mol. The van der Waals surface area contributed by atoms with E-state index in [0.717, 1.165) is 16.6 Å². The molecule has 0 unspecified atom stereocenters. The van der Waals surface area contributed by atoms with Crippen LogP contribution < -0.4 is 5.32 Å². The SMILES string of the molecule is C[C@]12CC[C@@H]3[C@]1(C)C[C@]32C(=O)Nc1ccc(Br)cc1. The van der Waals surface area contributed by atoms with Gasteiger partial charge in [0.1, 0.15) is 0 Å². The Labute approximate surface area is 122 Å². The van der Waals surface area contributed by atoms with Crippen LogP contribution in [0.1, 0.15) is 33.1 Å². The highest BCUT2D eigenvalue weighted by atomic mass is 79.9. The molecular formula is C16H18BrNO. The molecule has 19 heavy (non-hydrogen) atoms. The van der Waals surface area contributed by atoms with Gasteiger partial charge in [-0.2, -0.15) is 0 Å². The summed E-state index contributed by atoms with van der Waals surface area (Å²) in [5.41, 5.74) is 1.55. The van der Waals surface area contributed by atoms with Crippen molar-refractivity contribution in [3.63, 3.8) is 0 Å². The van der Waals surface area contributed by atoms with Crippen molar-refractivity contribution in [3.05, 3.63) is 28.7 Å². The summed E-state index contributed by atoms with van der Waals surface area (Å²) in [5, 5.41) is 3.13. The molecule has 0 radical (unpaired) electrons. The van der Waals surface area contributed by atoms with Gasteiger partial charge in [-0.1, -0.05) is 29.8 Å². The van der Waals surface area contributed by atoms with Crippen LogP contribution in [0.3, 0.4) is 0 Å². The maximum absolute atomic E-state index is 12.7. The van der Waals surface area contributed by atoms with Crippen LogP contribution in [0.15, 0.2) is 28.7 Å². The van der Waals surface area contributed by atoms with E-state index in [1.165, 1.54) is 12.8 Å². The van der Waals surface area contributed by atoms with Crippen molar-refractivity contribution in [2.45, 2.75) is 33.1 Å². The van der Waals surface area contributed by atoms with Crippen LogP contribution in [0.4, 0.5) is 5.69 Å². The van der Waals surface area contributed by atoms with Gasteiger partial charge in [0.25, 0.3) is 0 Å². The summed E-state index contributed by atoms with van der Waals surface area (Å²) in [6.07, 6.45) is 3.55. The number of nitrogens with one attached hydrogen (secondary N) is 1. The molecule has 5 fully saturated rings. The van der Waals surface area contributed by atoms with Crippen LogP contribution in [0.5, 0.6) is 0 Å². The van der Waals surface area contributed by atoms with Crippen LogP contribution in [0, 0.1) is 22.2 Å². The van der Waals surface area contributed by atoms with Crippen LogP contribution in [-0.4, -0.2) is 5.91 Å². The van der Waals surface area contributed by atoms with Crippen LogP contribution in [0.2, 0.25) is 0 Å². The summed E-state index contributed by atoms with van der Waals surface area (Å²) in [6, 6.07) is 7.85. The second-order valence-corrected chi connectivity index (χ2v) is 7.87. The number of amides is 1. The van der Waals surface area contributed by atoms with E-state index in [1.807, 2.05) is 24.3 Å². The molecule has 1 N–H and O–H groups in total. The van der Waals surface area contributed by atoms with E-state index < -0.39 is 0 Å². The van der Waals surface area contributed by atoms with Crippen molar-refractivity contribution < 1.29 is 4.79 Å². The molecule has 6 rings (SSSR count). The van der Waals surface area contributed by atoms with Crippen LogP contribution >= 0.6 is 15.9 Å². The Morgan fingerprint density at radius 2 is 2.00 bits per heavy atom. The summed E-state index contributed by atoms with van der Waals surface area (Å²) >= 11 is 3.42. The molecule has 0 saturated heterocycles. The standard InChI is InChI=1S/C16H18BrNO/c1-14-9-16(12(14)7-8-15(14,16)2)13(19)18-11-5-3-10(17)4-6-11/h3-6,12H,7-9H2,1-2H3,(H,18,19)/t12-,14+,15+,16-/m1/s1. The number of hydrogen-bond acceptors (Lipinski definition) is 1. The molecule has 0 spiro atoms. The minimum absolute atomic E-state index is 0.0607. The molecule has 5 saturated carbocycles. The van der Waals surface area contributed by atoms with E-state index in [4.69, 9.17) is 0 Å². The lowest BCUT2D eigenvalue weighted by molar-refractivity contribution is -0.326. The first-order chi connectivity index (χ1) is 8.94. The number of halogens is 1. The quantitative estimate of drug-likeness (QED) is 0.869. The third-order valence-corrected chi connectivity index (χ3v) is 7.22. The zero-order valence-corrected chi connectivity index (χ0v) is 12.9. The Bertz CT molecular complexity index is 583. The molecule has 1 aromatic carbocycles. The average Bonchev–Trinajstić information content (AvgIpc) is 2.76. The van der Waals surface area contributed by atoms with Crippen molar-refractivity contribution in [1.29, 1.82) is 0 Å². The predicted octanol–water partition coefficient (Wildman–Crippen LogP) is 4.21. The molecule has 4 bridgehead atoms. The maximum atomic E-state index is 12.7. The van der Waals surface area contributed by atoms with E-state index in [-0.39, 0.29) is 16.7 Å². The highest BCUT2D eigenvalue weighted by Gasteiger charge is 2.91. The van der Waals surface area contributed by atoms with E-state index in [2.05, 4.69) is 35.1 Å². The first-order valence-corrected chi connectivity index (χ1v) is 7.80. The lowest BCUT2D eigenvalue weighted by Crippen LogP contribution is -2.81. The molecule has 0 aliphatic heterocycles. The molecule has 0 heterocycles. The number of carbonyl (C=O) groups is 1. The second-order valence-electron chi connectivity index (χ2n) is 6.95. The third-order valence-electron chi connectivity index (χ3n) is 6.70. The third kappa shape index (κ3) is 1.06. The van der Waals surface area contributed by atoms with Gasteiger partial charge in [-0.05, 0) is 60.3 Å². The first-order valence-electron chi connectivity index (χ1n) is 7.01. The molecule has 5 aliphatic carbocycles. The smallest absolute Gasteiger partial charge is 0.231 e. The lowest BCUT2D eigenvalue weighted by Gasteiger charge is -2.81. The minimum Gasteiger partial charge on any atom is -0.326 e. The van der Waals surface area contributed by atoms with Crippen molar-refractivity contribution in [2.24, 2.45) is 22.2 Å². The van der Waals surface area contributed by atoms with Gasteiger partial charge >= 0.3 is 0 Å². The molecular weight excluding hydrogens is 302 g/mol. The fourth-order valence-corrected chi connectivity index (χ4v) is 5.76. The fourth-order valence-electron chi connectivity index (χ4n) is 5.49. The predicted molar refractivity (Wildman–Crippen MR) is 78.8 cm³/mol. The summed E-state index contributed by atoms with van der Waals surface area (Å²) in [4.78, 5) is 12.7. The van der Waals surface area contributed by atoms with Gasteiger partial charge in [-0.25, -0.2) is 0 Å². The summed E-state index contributed by atoms with van der Waals surface area (Å²) in [5.74, 6) is 0.879. The number of fused-ring (bicyclic) bond motifs is 1. The molecule has 5 aliphatic rings. The molecule has 2 nitrogen and oxygen atoms in total. The zero-order valence-electron chi connectivity index (χ0n) is 11.3. The maximum Gasteiger partial charge on any atom is 0.231 e. The number of carbonyl (C=O) groups excluding carboxylic acids is 1. The summed E-state index contributed by atoms with van der Waals surface area (Å²) < 4.78 is 1.04. The number of hydrogen-bond donors (Lipinski definition) is 1. The minimum atomic E-state index is -0.0607. The monoisotopic (exact) mass is 319 g/mol. The van der Waals surface area contributed by atoms with Crippen LogP contribution in [-0.2, 0) is 4.79 Å². The molecule has 3 heteroatoms. The van der Waals surface area contributed by atoms with Gasteiger partial charge in [0.05, 0.1) is 5.41 Å². The largest absolute Gasteiger partial charge is 0.326 e. The zero-order chi connectivity index (χ0) is 13.5. The van der Waals surface area contributed by atoms with Gasteiger partial charge in [0.15, 0.2) is 0 Å². The normalized spacial score (nSPS) is 45.3. The number of benzene rings is 1. The van der Waals surface area contributed by atoms with Gasteiger partial charge in [0.2, 0.25) is 5.91 Å². The molecule has 0 aromatic heterocycles. The van der Waals surface area contributed by atoms with Gasteiger partial charge in [-0.3, -0.25) is 4.79 Å². The Morgan fingerprint density at radius 1 is 1.32 bits per heavy atom. The van der Waals surface area contributed by atoms with Crippen molar-refractivity contribution >= 4 is 27.5 Å². The number of rotatable bonds is 2. The van der Waals surface area contributed by atoms with E-state index in [9.17, 15) is 4.79 Å². The molecule has 1 amide bonds. The Balaban J connectivity index is 1.59. The molecule has 1 aromatic rings. The van der Waals surface area contributed by atoms with Crippen molar-refractivity contribution in [1.82, 2.24) is 0 Å².